The van der Waals surface area contributed by atoms with Gasteiger partial charge in [0.2, 0.25) is 0 Å². The molecule has 10 heteroatoms. The van der Waals surface area contributed by atoms with Crippen molar-refractivity contribution in [2.45, 2.75) is 79.8 Å². The van der Waals surface area contributed by atoms with Crippen LogP contribution >= 0.6 is 11.3 Å². The average Bonchev–Trinajstić information content (AvgIpc) is 3.34. The van der Waals surface area contributed by atoms with Crippen LogP contribution in [0.5, 0.6) is 0 Å². The molecule has 3 heterocycles. The number of halogens is 2. The van der Waals surface area contributed by atoms with Crippen LogP contribution in [0.4, 0.5) is 8.78 Å². The first kappa shape index (κ1) is 31.0. The van der Waals surface area contributed by atoms with E-state index in [1.165, 1.54) is 17.8 Å². The second-order valence-corrected chi connectivity index (χ2v) is 12.2. The highest BCUT2D eigenvalue weighted by atomic mass is 32.1. The first-order chi connectivity index (χ1) is 16.4. The number of carbonyl (C=O) groups excluding carboxylic acids is 1. The molecule has 1 N–H and O–H groups in total. The number of imidazole rings is 1. The predicted molar refractivity (Wildman–Crippen MR) is 142 cm³/mol. The van der Waals surface area contributed by atoms with E-state index in [-0.39, 0.29) is 22.6 Å². The molecule has 0 aromatic carbocycles. The average molecular weight is 521 g/mol. The lowest BCUT2D eigenvalue weighted by Crippen LogP contribution is -2.40. The van der Waals surface area contributed by atoms with Gasteiger partial charge in [0, 0.05) is 42.3 Å². The van der Waals surface area contributed by atoms with Gasteiger partial charge in [0.15, 0.2) is 0 Å². The fraction of sp³-hybridized carbons (Fsp3) is 0.500. The Hall–Kier alpha value is -3.01. The van der Waals surface area contributed by atoms with Crippen molar-refractivity contribution < 1.29 is 13.6 Å². The highest BCUT2D eigenvalue weighted by Gasteiger charge is 2.17. The molecule has 0 radical (unpaired) electrons. The number of hydrogen-bond donors (Lipinski definition) is 1. The second-order valence-electron chi connectivity index (χ2n) is 11.4. The summed E-state index contributed by atoms with van der Waals surface area (Å²) in [4.78, 5) is 25.9. The van der Waals surface area contributed by atoms with Crippen molar-refractivity contribution in [2.24, 2.45) is 5.41 Å². The van der Waals surface area contributed by atoms with E-state index in [0.29, 0.717) is 5.41 Å². The van der Waals surface area contributed by atoms with Crippen molar-refractivity contribution in [3.63, 3.8) is 0 Å². The van der Waals surface area contributed by atoms with E-state index >= 15 is 0 Å². The SMILES string of the molecule is C=Cc1nccn1CC(C)(C)C.CC(C)(C)NC(=O)c1csc(F)n1.CC(C)(C)c1cnc(F)nc1. The van der Waals surface area contributed by atoms with Crippen LogP contribution in [0.25, 0.3) is 6.08 Å². The lowest BCUT2D eigenvalue weighted by molar-refractivity contribution is 0.0914. The summed E-state index contributed by atoms with van der Waals surface area (Å²) in [6, 6.07) is 0. The fourth-order valence-corrected chi connectivity index (χ4v) is 3.14. The van der Waals surface area contributed by atoms with Crippen LogP contribution in [0.2, 0.25) is 0 Å². The number of nitrogens with zero attached hydrogens (tertiary/aromatic N) is 5. The Labute approximate surface area is 217 Å². The third-order valence-electron chi connectivity index (χ3n) is 4.26. The van der Waals surface area contributed by atoms with E-state index in [0.717, 1.165) is 29.3 Å². The maximum absolute atomic E-state index is 12.4. The Balaban J connectivity index is 0.000000271. The number of aromatic nitrogens is 5. The van der Waals surface area contributed by atoms with Gasteiger partial charge >= 0.3 is 6.08 Å². The molecule has 0 aliphatic heterocycles. The monoisotopic (exact) mass is 520 g/mol. The number of nitrogens with one attached hydrogen (secondary N) is 1. The first-order valence-electron chi connectivity index (χ1n) is 11.5. The largest absolute Gasteiger partial charge is 0.346 e. The normalized spacial score (nSPS) is 11.5. The molecule has 3 rings (SSSR count). The van der Waals surface area contributed by atoms with Crippen LogP contribution in [0, 0.1) is 16.8 Å². The molecule has 7 nitrogen and oxygen atoms in total. The van der Waals surface area contributed by atoms with Gasteiger partial charge in [0.05, 0.1) is 0 Å². The molecule has 0 aliphatic carbocycles. The molecular weight excluding hydrogens is 482 g/mol. The topological polar surface area (TPSA) is 85.6 Å². The van der Waals surface area contributed by atoms with Crippen molar-refractivity contribution in [1.82, 2.24) is 29.8 Å². The molecule has 36 heavy (non-hydrogen) atoms. The molecule has 0 bridgehead atoms. The maximum Gasteiger partial charge on any atom is 0.308 e. The summed E-state index contributed by atoms with van der Waals surface area (Å²) in [7, 11) is 0. The standard InChI is InChI=1S/C10H16N2.C8H11FN2OS.C8H11FN2/c1-5-9-11-6-7-12(9)8-10(2,3)4;1-8(2,3)11-6(12)5-4-13-7(9)10-5;1-8(2,3)6-4-10-7(9)11-5-6/h5-7H,1,8H2,2-4H3;4H,1-3H3,(H,11,12);4-5H,1-3H3. The zero-order chi connectivity index (χ0) is 27.7. The van der Waals surface area contributed by atoms with Gasteiger partial charge in [0.1, 0.15) is 11.5 Å². The molecular formula is C26H38F2N6OS. The molecule has 0 saturated carbocycles. The molecule has 3 aromatic heterocycles. The zero-order valence-corrected chi connectivity index (χ0v) is 23.5. The van der Waals surface area contributed by atoms with Gasteiger partial charge in [-0.3, -0.25) is 4.79 Å². The smallest absolute Gasteiger partial charge is 0.308 e. The number of hydrogen-bond acceptors (Lipinski definition) is 6. The summed E-state index contributed by atoms with van der Waals surface area (Å²) < 4.78 is 26.8. The van der Waals surface area contributed by atoms with Crippen molar-refractivity contribution in [3.8, 4) is 0 Å². The van der Waals surface area contributed by atoms with Gasteiger partial charge < -0.3 is 9.88 Å². The summed E-state index contributed by atoms with van der Waals surface area (Å²) >= 11 is 0.820. The fourth-order valence-electron chi connectivity index (χ4n) is 2.62. The zero-order valence-electron chi connectivity index (χ0n) is 22.7. The summed E-state index contributed by atoms with van der Waals surface area (Å²) in [6.07, 6.45) is 7.94. The first-order valence-corrected chi connectivity index (χ1v) is 12.3. The summed E-state index contributed by atoms with van der Waals surface area (Å²) in [5.74, 6) is 0.609. The van der Waals surface area contributed by atoms with Crippen LogP contribution in [-0.2, 0) is 12.0 Å². The molecule has 0 saturated heterocycles. The van der Waals surface area contributed by atoms with Crippen molar-refractivity contribution >= 4 is 23.3 Å². The number of rotatable bonds is 3. The predicted octanol–water partition coefficient (Wildman–Crippen LogP) is 6.30. The lowest BCUT2D eigenvalue weighted by Gasteiger charge is -2.19. The Morgan fingerprint density at radius 2 is 1.64 bits per heavy atom. The lowest BCUT2D eigenvalue weighted by atomic mass is 9.89. The van der Waals surface area contributed by atoms with Gasteiger partial charge in [-0.15, -0.1) is 0 Å². The molecule has 0 unspecified atom stereocenters. The quantitative estimate of drug-likeness (QED) is 0.410. The number of carbonyl (C=O) groups is 1. The number of amides is 1. The molecule has 3 aromatic rings. The third-order valence-corrected chi connectivity index (χ3v) is 4.89. The Morgan fingerprint density at radius 3 is 2.06 bits per heavy atom. The number of thiazole rings is 1. The van der Waals surface area contributed by atoms with Crippen LogP contribution < -0.4 is 5.32 Å². The van der Waals surface area contributed by atoms with Gasteiger partial charge in [-0.05, 0) is 43.2 Å². The van der Waals surface area contributed by atoms with Crippen molar-refractivity contribution in [2.75, 3.05) is 0 Å². The molecule has 198 valence electrons. The van der Waals surface area contributed by atoms with Crippen LogP contribution in [0.15, 0.2) is 36.7 Å². The van der Waals surface area contributed by atoms with Crippen LogP contribution in [0.1, 0.15) is 84.2 Å². The highest BCUT2D eigenvalue weighted by Crippen LogP contribution is 2.19. The molecule has 1 amide bonds. The molecule has 0 fully saturated rings. The minimum Gasteiger partial charge on any atom is -0.346 e. The van der Waals surface area contributed by atoms with Crippen LogP contribution in [-0.4, -0.2) is 35.9 Å². The van der Waals surface area contributed by atoms with E-state index in [9.17, 15) is 13.6 Å². The van der Waals surface area contributed by atoms with Gasteiger partial charge in [0.25, 0.3) is 11.2 Å². The van der Waals surface area contributed by atoms with Gasteiger partial charge in [-0.2, -0.15) is 8.78 Å². The third kappa shape index (κ3) is 12.1. The Kier molecular flexibility index (Phi) is 11.0. The Bertz CT molecular complexity index is 1100. The van der Waals surface area contributed by atoms with E-state index in [1.807, 2.05) is 53.9 Å². The van der Waals surface area contributed by atoms with E-state index in [1.54, 1.807) is 6.08 Å². The van der Waals surface area contributed by atoms with Gasteiger partial charge in [-0.1, -0.05) is 59.5 Å². The minimum atomic E-state index is -0.669. The highest BCUT2D eigenvalue weighted by molar-refractivity contribution is 7.08. The van der Waals surface area contributed by atoms with E-state index in [4.69, 9.17) is 0 Å². The van der Waals surface area contributed by atoms with Gasteiger partial charge in [-0.25, -0.2) is 19.9 Å². The van der Waals surface area contributed by atoms with Crippen molar-refractivity contribution in [3.05, 3.63) is 65.2 Å². The van der Waals surface area contributed by atoms with E-state index in [2.05, 4.69) is 57.2 Å². The van der Waals surface area contributed by atoms with Crippen molar-refractivity contribution in [1.29, 1.82) is 0 Å². The van der Waals surface area contributed by atoms with Crippen LogP contribution in [0.3, 0.4) is 0 Å². The minimum absolute atomic E-state index is 0.00625. The second kappa shape index (κ2) is 12.8. The molecule has 0 aliphatic rings. The van der Waals surface area contributed by atoms with E-state index < -0.39 is 11.3 Å². The summed E-state index contributed by atoms with van der Waals surface area (Å²) in [5.41, 5.74) is 1.04. The molecule has 0 atom stereocenters. The summed E-state index contributed by atoms with van der Waals surface area (Å²) in [6.45, 7) is 23.0. The maximum atomic E-state index is 12.4. The summed E-state index contributed by atoms with van der Waals surface area (Å²) in [5, 5.41) is 3.50. The molecule has 0 spiro atoms. The Morgan fingerprint density at radius 1 is 1.06 bits per heavy atom.